The van der Waals surface area contributed by atoms with Crippen molar-refractivity contribution in [3.05, 3.63) is 102 Å². The van der Waals surface area contributed by atoms with E-state index in [-0.39, 0.29) is 11.1 Å². The maximum atomic E-state index is 13.5. The van der Waals surface area contributed by atoms with Crippen LogP contribution in [-0.4, -0.2) is 21.7 Å². The lowest BCUT2D eigenvalue weighted by molar-refractivity contribution is -0.136. The zero-order chi connectivity index (χ0) is 19.4. The van der Waals surface area contributed by atoms with Crippen molar-refractivity contribution >= 4 is 29.0 Å². The fraction of sp³-hybridized carbons (Fsp3) is 0.130. The highest BCUT2D eigenvalue weighted by atomic mass is 32.1. The van der Waals surface area contributed by atoms with Crippen LogP contribution in [0.3, 0.4) is 0 Å². The molecule has 0 unspecified atom stereocenters. The summed E-state index contributed by atoms with van der Waals surface area (Å²) < 4.78 is 6.10. The van der Waals surface area contributed by atoms with Gasteiger partial charge in [-0.25, -0.2) is 0 Å². The molecule has 0 bridgehead atoms. The molecule has 4 nitrogen and oxygen atoms in total. The van der Waals surface area contributed by atoms with Gasteiger partial charge in [0.15, 0.2) is 5.60 Å². The Balaban J connectivity index is 1.66. The highest BCUT2D eigenvalue weighted by Gasteiger charge is 2.52. The SMILES string of the molecule is O=C1N(Nc2ccccc2)C(=S)OC1(Cc1ccccc1)Cc1ccccc1. The van der Waals surface area contributed by atoms with Gasteiger partial charge in [-0.05, 0) is 35.5 Å². The summed E-state index contributed by atoms with van der Waals surface area (Å²) in [5.41, 5.74) is 4.83. The summed E-state index contributed by atoms with van der Waals surface area (Å²) >= 11 is 5.42. The maximum Gasteiger partial charge on any atom is 0.293 e. The van der Waals surface area contributed by atoms with Gasteiger partial charge < -0.3 is 4.74 Å². The minimum absolute atomic E-state index is 0.140. The fourth-order valence-electron chi connectivity index (χ4n) is 3.42. The summed E-state index contributed by atoms with van der Waals surface area (Å²) in [5, 5.41) is 1.48. The molecule has 1 amide bonds. The first-order valence-corrected chi connectivity index (χ1v) is 9.54. The van der Waals surface area contributed by atoms with Gasteiger partial charge in [0, 0.05) is 12.8 Å². The van der Waals surface area contributed by atoms with Crippen molar-refractivity contribution in [2.45, 2.75) is 18.4 Å². The minimum Gasteiger partial charge on any atom is -0.452 e. The number of carbonyl (C=O) groups is 1. The van der Waals surface area contributed by atoms with Crippen LogP contribution in [0.2, 0.25) is 0 Å². The Morgan fingerprint density at radius 2 is 1.25 bits per heavy atom. The third-order valence-electron chi connectivity index (χ3n) is 4.74. The number of thiocarbonyl (C=S) groups is 1. The van der Waals surface area contributed by atoms with E-state index in [1.165, 1.54) is 5.01 Å². The Bertz CT molecular complexity index is 920. The number of para-hydroxylation sites is 1. The van der Waals surface area contributed by atoms with Crippen molar-refractivity contribution in [2.24, 2.45) is 0 Å². The number of nitrogens with zero attached hydrogens (tertiary/aromatic N) is 1. The number of rotatable bonds is 6. The van der Waals surface area contributed by atoms with Gasteiger partial charge in [-0.3, -0.25) is 10.2 Å². The lowest BCUT2D eigenvalue weighted by atomic mass is 9.87. The molecule has 1 saturated heterocycles. The van der Waals surface area contributed by atoms with Crippen LogP contribution < -0.4 is 5.43 Å². The molecule has 0 aliphatic carbocycles. The maximum absolute atomic E-state index is 13.5. The molecule has 3 aromatic rings. The Morgan fingerprint density at radius 3 is 1.75 bits per heavy atom. The number of amides is 1. The highest BCUT2D eigenvalue weighted by Crippen LogP contribution is 2.32. The lowest BCUT2D eigenvalue weighted by Crippen LogP contribution is -2.46. The zero-order valence-corrected chi connectivity index (χ0v) is 16.1. The van der Waals surface area contributed by atoms with Crippen molar-refractivity contribution < 1.29 is 9.53 Å². The summed E-state index contributed by atoms with van der Waals surface area (Å²) in [5.74, 6) is -0.186. The predicted octanol–water partition coefficient (Wildman–Crippen LogP) is 4.38. The molecule has 1 aliphatic heterocycles. The number of hydrogen-bond donors (Lipinski definition) is 1. The molecule has 1 N–H and O–H groups in total. The Kier molecular flexibility index (Phi) is 5.08. The van der Waals surface area contributed by atoms with Crippen LogP contribution in [-0.2, 0) is 22.4 Å². The van der Waals surface area contributed by atoms with Gasteiger partial charge in [0.1, 0.15) is 0 Å². The first kappa shape index (κ1) is 18.2. The quantitative estimate of drug-likeness (QED) is 0.636. The molecule has 0 aromatic heterocycles. The second-order valence-electron chi connectivity index (χ2n) is 6.81. The first-order chi connectivity index (χ1) is 13.7. The van der Waals surface area contributed by atoms with Gasteiger partial charge in [0.05, 0.1) is 5.69 Å². The molecular formula is C23H20N2O2S. The van der Waals surface area contributed by atoms with E-state index in [1.807, 2.05) is 91.0 Å². The van der Waals surface area contributed by atoms with E-state index in [0.717, 1.165) is 16.8 Å². The van der Waals surface area contributed by atoms with Crippen LogP contribution >= 0.6 is 12.2 Å². The average molecular weight is 388 g/mol. The largest absolute Gasteiger partial charge is 0.452 e. The second kappa shape index (κ2) is 7.82. The molecular weight excluding hydrogens is 368 g/mol. The molecule has 3 aromatic carbocycles. The molecule has 1 aliphatic rings. The molecule has 0 radical (unpaired) electrons. The third-order valence-corrected chi connectivity index (χ3v) is 5.00. The van der Waals surface area contributed by atoms with E-state index in [1.54, 1.807) is 0 Å². The molecule has 0 spiro atoms. The summed E-state index contributed by atoms with van der Waals surface area (Å²) in [6.07, 6.45) is 0.878. The predicted molar refractivity (Wildman–Crippen MR) is 114 cm³/mol. The van der Waals surface area contributed by atoms with Gasteiger partial charge in [-0.1, -0.05) is 78.9 Å². The van der Waals surface area contributed by atoms with Crippen LogP contribution in [0.4, 0.5) is 5.69 Å². The van der Waals surface area contributed by atoms with Crippen molar-refractivity contribution in [1.29, 1.82) is 0 Å². The van der Waals surface area contributed by atoms with Gasteiger partial charge in [0.2, 0.25) is 0 Å². The molecule has 1 fully saturated rings. The number of carbonyl (C=O) groups excluding carboxylic acids is 1. The smallest absolute Gasteiger partial charge is 0.293 e. The van der Waals surface area contributed by atoms with Gasteiger partial charge in [-0.2, -0.15) is 5.01 Å². The number of nitrogens with one attached hydrogen (secondary N) is 1. The lowest BCUT2D eigenvalue weighted by Gasteiger charge is -2.26. The van der Waals surface area contributed by atoms with Crippen molar-refractivity contribution in [3.63, 3.8) is 0 Å². The second-order valence-corrected chi connectivity index (χ2v) is 7.15. The van der Waals surface area contributed by atoms with E-state index in [9.17, 15) is 4.79 Å². The Morgan fingerprint density at radius 1 is 0.786 bits per heavy atom. The van der Waals surface area contributed by atoms with Crippen LogP contribution in [0.25, 0.3) is 0 Å². The van der Waals surface area contributed by atoms with Crippen LogP contribution in [0.1, 0.15) is 11.1 Å². The number of hydrogen-bond acceptors (Lipinski definition) is 4. The first-order valence-electron chi connectivity index (χ1n) is 9.13. The Hall–Kier alpha value is -3.18. The number of ether oxygens (including phenoxy) is 1. The normalized spacial score (nSPS) is 15.4. The number of hydrazine groups is 1. The van der Waals surface area contributed by atoms with Crippen molar-refractivity contribution in [1.82, 2.24) is 5.01 Å². The van der Waals surface area contributed by atoms with E-state index in [0.29, 0.717) is 12.8 Å². The van der Waals surface area contributed by atoms with Crippen molar-refractivity contribution in [3.8, 4) is 0 Å². The molecule has 0 saturated carbocycles. The van der Waals surface area contributed by atoms with Gasteiger partial charge in [0.25, 0.3) is 11.1 Å². The Labute approximate surface area is 169 Å². The topological polar surface area (TPSA) is 41.6 Å². The van der Waals surface area contributed by atoms with E-state index >= 15 is 0 Å². The number of benzene rings is 3. The summed E-state index contributed by atoms with van der Waals surface area (Å²) in [4.78, 5) is 13.5. The standard InChI is InChI=1S/C23H20N2O2S/c26-21-23(16-18-10-4-1-5-11-18,17-19-12-6-2-7-13-19)27-22(28)25(21)24-20-14-8-3-9-15-20/h1-15,24H,16-17H2. The fourth-order valence-corrected chi connectivity index (χ4v) is 3.71. The van der Waals surface area contributed by atoms with Gasteiger partial charge in [-0.15, -0.1) is 0 Å². The molecule has 28 heavy (non-hydrogen) atoms. The average Bonchev–Trinajstić information content (AvgIpc) is 2.94. The van der Waals surface area contributed by atoms with Crippen LogP contribution in [0.5, 0.6) is 0 Å². The van der Waals surface area contributed by atoms with E-state index in [4.69, 9.17) is 17.0 Å². The molecule has 1 heterocycles. The van der Waals surface area contributed by atoms with Crippen molar-refractivity contribution in [2.75, 3.05) is 5.43 Å². The van der Waals surface area contributed by atoms with Crippen LogP contribution in [0.15, 0.2) is 91.0 Å². The molecule has 4 rings (SSSR count). The minimum atomic E-state index is -1.08. The van der Waals surface area contributed by atoms with Crippen LogP contribution in [0, 0.1) is 0 Å². The molecule has 0 atom stereocenters. The highest BCUT2D eigenvalue weighted by molar-refractivity contribution is 7.80. The summed E-state index contributed by atoms with van der Waals surface area (Å²) in [6, 6.07) is 29.2. The van der Waals surface area contributed by atoms with E-state index < -0.39 is 5.60 Å². The summed E-state index contributed by atoms with van der Waals surface area (Å²) in [7, 11) is 0. The van der Waals surface area contributed by atoms with Gasteiger partial charge >= 0.3 is 0 Å². The zero-order valence-electron chi connectivity index (χ0n) is 15.2. The molecule has 140 valence electrons. The number of anilines is 1. The third kappa shape index (κ3) is 3.75. The van der Waals surface area contributed by atoms with E-state index in [2.05, 4.69) is 5.43 Å². The molecule has 5 heteroatoms. The summed E-state index contributed by atoms with van der Waals surface area (Å²) in [6.45, 7) is 0. The monoisotopic (exact) mass is 388 g/mol.